The van der Waals surface area contributed by atoms with E-state index < -0.39 is 57.8 Å². The molecule has 11 nitrogen and oxygen atoms in total. The number of hydrogen-bond acceptors (Lipinski definition) is 8. The Bertz CT molecular complexity index is 1810. The molecule has 4 aromatic rings. The van der Waals surface area contributed by atoms with Gasteiger partial charge in [0.1, 0.15) is 23.6 Å². The fourth-order valence-electron chi connectivity index (χ4n) is 4.74. The summed E-state index contributed by atoms with van der Waals surface area (Å²) in [4.78, 5) is 21.0. The van der Waals surface area contributed by atoms with Crippen molar-refractivity contribution < 1.29 is 35.5 Å². The zero-order valence-corrected chi connectivity index (χ0v) is 23.3. The second-order valence-electron chi connectivity index (χ2n) is 9.79. The number of alkyl halides is 4. The number of amides is 1. The van der Waals surface area contributed by atoms with E-state index in [0.29, 0.717) is 0 Å². The van der Waals surface area contributed by atoms with Gasteiger partial charge in [0, 0.05) is 24.8 Å². The van der Waals surface area contributed by atoms with Crippen LogP contribution in [0.5, 0.6) is 5.88 Å². The Labute approximate surface area is 237 Å². The number of hydrogen-bond donors (Lipinski definition) is 2. The van der Waals surface area contributed by atoms with E-state index in [-0.39, 0.29) is 34.1 Å². The van der Waals surface area contributed by atoms with E-state index in [1.54, 1.807) is 13.0 Å². The number of carbonyl (C=O) groups excluding carboxylic acids is 1. The molecular weight excluding hydrogens is 582 g/mol. The third-order valence-electron chi connectivity index (χ3n) is 7.12. The number of aromatic nitrogens is 4. The number of methoxy groups -OCH3 is 1. The lowest BCUT2D eigenvalue weighted by Crippen LogP contribution is -2.42. The van der Waals surface area contributed by atoms with E-state index in [4.69, 9.17) is 10.5 Å². The van der Waals surface area contributed by atoms with Crippen LogP contribution in [-0.4, -0.2) is 70.6 Å². The summed E-state index contributed by atoms with van der Waals surface area (Å²) in [5.41, 5.74) is 5.53. The zero-order valence-electron chi connectivity index (χ0n) is 22.5. The van der Waals surface area contributed by atoms with E-state index in [9.17, 15) is 26.4 Å². The number of aryl methyl sites for hydroxylation is 2. The number of sulfonamides is 1. The first-order chi connectivity index (χ1) is 19.7. The predicted molar refractivity (Wildman–Crippen MR) is 143 cm³/mol. The van der Waals surface area contributed by atoms with E-state index in [1.165, 1.54) is 31.5 Å². The molecule has 222 valence electrons. The summed E-state index contributed by atoms with van der Waals surface area (Å²) in [6.07, 6.45) is -4.36. The van der Waals surface area contributed by atoms with Gasteiger partial charge in [0.05, 0.1) is 29.3 Å². The van der Waals surface area contributed by atoms with Gasteiger partial charge in [0.15, 0.2) is 5.82 Å². The fourth-order valence-corrected chi connectivity index (χ4v) is 6.30. The van der Waals surface area contributed by atoms with Crippen LogP contribution in [0.2, 0.25) is 0 Å². The first-order valence-electron chi connectivity index (χ1n) is 12.5. The second-order valence-corrected chi connectivity index (χ2v) is 11.7. The van der Waals surface area contributed by atoms with Crippen molar-refractivity contribution in [2.45, 2.75) is 37.1 Å². The Balaban J connectivity index is 1.45. The third-order valence-corrected chi connectivity index (χ3v) is 8.95. The van der Waals surface area contributed by atoms with Gasteiger partial charge in [0.25, 0.3) is 5.91 Å². The van der Waals surface area contributed by atoms with Crippen LogP contribution in [0.15, 0.2) is 47.8 Å². The number of carbonyl (C=O) groups is 1. The Morgan fingerprint density at radius 2 is 1.86 bits per heavy atom. The minimum absolute atomic E-state index is 0.00504. The average molecular weight is 608 g/mol. The number of nitrogen functional groups attached to an aromatic ring is 1. The van der Waals surface area contributed by atoms with Gasteiger partial charge in [-0.25, -0.2) is 27.3 Å². The monoisotopic (exact) mass is 607 g/mol. The van der Waals surface area contributed by atoms with Crippen LogP contribution in [0, 0.1) is 13.8 Å². The quantitative estimate of drug-likeness (QED) is 0.318. The predicted octanol–water partition coefficient (Wildman–Crippen LogP) is 3.16. The standard InChI is InChI=1S/C26H25F4N7O4S/c1-13-4-5-16(6-14(13)2)42(39,40)36-10-19(27)20(11-36)35-24(38)17-7-15(9-32-25(17)41-3)21-8-18(26(28,29)30)22-23(31)33-12-34-37(21)22/h4-9,12,19-20H,10-11H2,1-3H3,(H,35,38)(H2,31,33,34)/t19-,20+/m0/s1. The molecule has 1 saturated heterocycles. The minimum Gasteiger partial charge on any atom is -0.480 e. The summed E-state index contributed by atoms with van der Waals surface area (Å²) in [5, 5.41) is 6.36. The van der Waals surface area contributed by atoms with Gasteiger partial charge in [0.2, 0.25) is 15.9 Å². The molecule has 0 radical (unpaired) electrons. The molecule has 1 aromatic carbocycles. The molecule has 0 spiro atoms. The van der Waals surface area contributed by atoms with Crippen molar-refractivity contribution in [3.8, 4) is 17.1 Å². The van der Waals surface area contributed by atoms with Gasteiger partial charge in [-0.3, -0.25) is 4.79 Å². The Kier molecular flexibility index (Phi) is 7.30. The molecular formula is C26H25F4N7O4S. The van der Waals surface area contributed by atoms with Gasteiger partial charge < -0.3 is 15.8 Å². The number of nitrogens with zero attached hydrogens (tertiary/aromatic N) is 5. The topological polar surface area (TPSA) is 145 Å². The van der Waals surface area contributed by atoms with E-state index >= 15 is 4.39 Å². The van der Waals surface area contributed by atoms with Crippen molar-refractivity contribution in [3.63, 3.8) is 0 Å². The van der Waals surface area contributed by atoms with Crippen molar-refractivity contribution >= 4 is 27.3 Å². The maximum atomic E-state index is 15.1. The molecule has 42 heavy (non-hydrogen) atoms. The highest BCUT2D eigenvalue weighted by atomic mass is 32.2. The van der Waals surface area contributed by atoms with Crippen LogP contribution in [0.1, 0.15) is 27.0 Å². The maximum Gasteiger partial charge on any atom is 0.418 e. The number of nitrogens with two attached hydrogens (primary N) is 1. The number of nitrogens with one attached hydrogen (secondary N) is 1. The molecule has 5 rings (SSSR count). The highest BCUT2D eigenvalue weighted by Gasteiger charge is 2.41. The lowest BCUT2D eigenvalue weighted by molar-refractivity contribution is -0.136. The summed E-state index contributed by atoms with van der Waals surface area (Å²) < 4.78 is 89.7. The van der Waals surface area contributed by atoms with Crippen LogP contribution in [0.3, 0.4) is 0 Å². The highest BCUT2D eigenvalue weighted by Crippen LogP contribution is 2.39. The lowest BCUT2D eigenvalue weighted by atomic mass is 10.1. The highest BCUT2D eigenvalue weighted by molar-refractivity contribution is 7.89. The summed E-state index contributed by atoms with van der Waals surface area (Å²) in [6.45, 7) is 2.77. The normalized spacial score (nSPS) is 18.0. The van der Waals surface area contributed by atoms with Crippen LogP contribution in [-0.2, 0) is 16.2 Å². The molecule has 4 heterocycles. The zero-order chi connectivity index (χ0) is 30.6. The summed E-state index contributed by atoms with van der Waals surface area (Å²) in [5.74, 6) is -1.46. The first-order valence-corrected chi connectivity index (χ1v) is 13.9. The fraction of sp³-hybridized carbons (Fsp3) is 0.308. The number of benzene rings is 1. The molecule has 16 heteroatoms. The smallest absolute Gasteiger partial charge is 0.418 e. The van der Waals surface area contributed by atoms with Crippen LogP contribution in [0.25, 0.3) is 16.8 Å². The summed E-state index contributed by atoms with van der Waals surface area (Å²) >= 11 is 0. The molecule has 1 fully saturated rings. The maximum absolute atomic E-state index is 15.1. The van der Waals surface area contributed by atoms with Crippen LogP contribution >= 0.6 is 0 Å². The van der Waals surface area contributed by atoms with E-state index in [2.05, 4.69) is 20.4 Å². The van der Waals surface area contributed by atoms with Gasteiger partial charge in [-0.05, 0) is 49.2 Å². The van der Waals surface area contributed by atoms with Gasteiger partial charge in [-0.15, -0.1) is 0 Å². The van der Waals surface area contributed by atoms with Crippen molar-refractivity contribution in [3.05, 3.63) is 65.1 Å². The molecule has 0 bridgehead atoms. The van der Waals surface area contributed by atoms with E-state index in [1.807, 2.05) is 6.92 Å². The molecule has 0 saturated carbocycles. The molecule has 2 atom stereocenters. The van der Waals surface area contributed by atoms with Crippen molar-refractivity contribution in [1.29, 1.82) is 0 Å². The van der Waals surface area contributed by atoms with Crippen LogP contribution < -0.4 is 15.8 Å². The number of fused-ring (bicyclic) bond motifs is 1. The minimum atomic E-state index is -4.79. The Morgan fingerprint density at radius 3 is 2.52 bits per heavy atom. The number of halogens is 4. The first kappa shape index (κ1) is 29.2. The number of pyridine rings is 1. The van der Waals surface area contributed by atoms with Crippen molar-refractivity contribution in [2.75, 3.05) is 25.9 Å². The third kappa shape index (κ3) is 5.11. The van der Waals surface area contributed by atoms with Crippen molar-refractivity contribution in [2.24, 2.45) is 0 Å². The van der Waals surface area contributed by atoms with Gasteiger partial charge >= 0.3 is 6.18 Å². The van der Waals surface area contributed by atoms with Crippen LogP contribution in [0.4, 0.5) is 23.4 Å². The molecule has 1 aliphatic rings. The van der Waals surface area contributed by atoms with E-state index in [0.717, 1.165) is 32.3 Å². The molecule has 0 aliphatic carbocycles. The SMILES string of the molecule is COc1ncc(-c2cc(C(F)(F)F)c3c(N)ncnn23)cc1C(=O)N[C@@H]1CN(S(=O)(=O)c2ccc(C)c(C)c2)C[C@@H]1F. The largest absolute Gasteiger partial charge is 0.480 e. The molecule has 3 N–H and O–H groups in total. The molecule has 3 aromatic heterocycles. The van der Waals surface area contributed by atoms with Crippen molar-refractivity contribution in [1.82, 2.24) is 29.2 Å². The summed E-state index contributed by atoms with van der Waals surface area (Å²) in [6, 6.07) is 5.39. The number of ether oxygens (including phenoxy) is 1. The average Bonchev–Trinajstić information content (AvgIpc) is 3.52. The summed E-state index contributed by atoms with van der Waals surface area (Å²) in [7, 11) is -2.82. The number of anilines is 1. The lowest BCUT2D eigenvalue weighted by Gasteiger charge is -2.18. The van der Waals surface area contributed by atoms with Gasteiger partial charge in [-0.2, -0.15) is 22.6 Å². The molecule has 1 aliphatic heterocycles. The molecule has 0 unspecified atom stereocenters. The van der Waals surface area contributed by atoms with Gasteiger partial charge in [-0.1, -0.05) is 6.07 Å². The molecule has 1 amide bonds. The Morgan fingerprint density at radius 1 is 1.12 bits per heavy atom. The second kappa shape index (κ2) is 10.5. The number of rotatable bonds is 6. The Hall–Kier alpha value is -4.31.